The maximum Gasteiger partial charge on any atom is 0.167 e. The van der Waals surface area contributed by atoms with Crippen molar-refractivity contribution in [2.24, 2.45) is 5.73 Å². The molecular weight excluding hydrogens is 248 g/mol. The summed E-state index contributed by atoms with van der Waals surface area (Å²) in [7, 11) is 0. The van der Waals surface area contributed by atoms with Gasteiger partial charge < -0.3 is 10.3 Å². The maximum absolute atomic E-state index is 5.51. The summed E-state index contributed by atoms with van der Waals surface area (Å²) in [5, 5.41) is 6.30. The fourth-order valence-electron chi connectivity index (χ4n) is 1.89. The zero-order valence-corrected chi connectivity index (χ0v) is 10.5. The summed E-state index contributed by atoms with van der Waals surface area (Å²) in [5.41, 5.74) is 7.30. The molecule has 0 aliphatic carbocycles. The van der Waals surface area contributed by atoms with Crippen molar-refractivity contribution < 1.29 is 4.52 Å². The van der Waals surface area contributed by atoms with Crippen molar-refractivity contribution in [2.75, 3.05) is 0 Å². The molecule has 1 heterocycles. The van der Waals surface area contributed by atoms with Gasteiger partial charge in [-0.3, -0.25) is 0 Å². The highest BCUT2D eigenvalue weighted by Gasteiger charge is 2.06. The lowest BCUT2D eigenvalue weighted by molar-refractivity contribution is 0.424. The molecule has 0 saturated heterocycles. The summed E-state index contributed by atoms with van der Waals surface area (Å²) < 4.78 is 5.26. The molecule has 4 heteroatoms. The summed E-state index contributed by atoms with van der Waals surface area (Å²) in [6.07, 6.45) is 0. The first kappa shape index (κ1) is 12.6. The van der Waals surface area contributed by atoms with Crippen molar-refractivity contribution in [1.29, 1.82) is 0 Å². The molecule has 0 radical (unpaired) electrons. The molecule has 1 aromatic heterocycles. The number of hydrogen-bond donors (Lipinski definition) is 1. The Morgan fingerprint density at radius 2 is 1.78 bits per heavy atom. The molecule has 0 fully saturated rings. The third kappa shape index (κ3) is 2.23. The van der Waals surface area contributed by atoms with Gasteiger partial charge in [0.1, 0.15) is 0 Å². The molecule has 0 bridgehead atoms. The van der Waals surface area contributed by atoms with Crippen molar-refractivity contribution in [3.8, 4) is 11.3 Å². The molecule has 3 nitrogen and oxygen atoms in total. The van der Waals surface area contributed by atoms with E-state index < -0.39 is 0 Å². The monoisotopic (exact) mass is 260 g/mol. The molecule has 0 aliphatic rings. The molecule has 0 atom stereocenters. The molecule has 3 aromatic rings. The zero-order valence-electron chi connectivity index (χ0n) is 9.67. The van der Waals surface area contributed by atoms with Crippen LogP contribution in [0.5, 0.6) is 0 Å². The van der Waals surface area contributed by atoms with Crippen molar-refractivity contribution in [3.05, 3.63) is 54.2 Å². The van der Waals surface area contributed by atoms with Crippen LogP contribution in [0.25, 0.3) is 22.1 Å². The number of fused-ring (bicyclic) bond motifs is 1. The molecule has 0 unspecified atom stereocenters. The fraction of sp³-hybridized carbons (Fsp3) is 0.0714. The molecule has 0 saturated carbocycles. The number of aromatic nitrogens is 1. The second kappa shape index (κ2) is 5.21. The Balaban J connectivity index is 0.00000120. The van der Waals surface area contributed by atoms with Gasteiger partial charge in [-0.1, -0.05) is 41.6 Å². The quantitative estimate of drug-likeness (QED) is 0.769. The smallest absolute Gasteiger partial charge is 0.167 e. The fourth-order valence-corrected chi connectivity index (χ4v) is 1.89. The van der Waals surface area contributed by atoms with Crippen molar-refractivity contribution >= 4 is 23.2 Å². The highest BCUT2D eigenvalue weighted by atomic mass is 35.5. The van der Waals surface area contributed by atoms with E-state index in [1.807, 2.05) is 24.3 Å². The second-order valence-electron chi connectivity index (χ2n) is 3.95. The largest absolute Gasteiger partial charge is 0.356 e. The highest BCUT2D eigenvalue weighted by molar-refractivity contribution is 5.86. The van der Waals surface area contributed by atoms with Crippen LogP contribution >= 0.6 is 12.4 Å². The minimum atomic E-state index is 0. The molecule has 0 spiro atoms. The number of benzene rings is 2. The van der Waals surface area contributed by atoms with Gasteiger partial charge in [-0.15, -0.1) is 12.4 Å². The van der Waals surface area contributed by atoms with E-state index in [9.17, 15) is 0 Å². The average Bonchev–Trinajstić information content (AvgIpc) is 2.87. The van der Waals surface area contributed by atoms with E-state index in [0.29, 0.717) is 6.54 Å². The van der Waals surface area contributed by atoms with Gasteiger partial charge in [-0.25, -0.2) is 0 Å². The first-order valence-corrected chi connectivity index (χ1v) is 5.51. The molecule has 2 N–H and O–H groups in total. The summed E-state index contributed by atoms with van der Waals surface area (Å²) in [4.78, 5) is 0. The van der Waals surface area contributed by atoms with Crippen LogP contribution in [0.1, 0.15) is 5.69 Å². The minimum absolute atomic E-state index is 0. The third-order valence-electron chi connectivity index (χ3n) is 2.80. The second-order valence-corrected chi connectivity index (χ2v) is 3.95. The SMILES string of the molecule is Cl.NCc1cc(-c2ccc3ccccc3c2)on1. The van der Waals surface area contributed by atoms with Crippen molar-refractivity contribution in [1.82, 2.24) is 5.16 Å². The summed E-state index contributed by atoms with van der Waals surface area (Å²) in [5.74, 6) is 0.760. The lowest BCUT2D eigenvalue weighted by atomic mass is 10.1. The van der Waals surface area contributed by atoms with E-state index in [-0.39, 0.29) is 12.4 Å². The molecule has 0 amide bonds. The Hall–Kier alpha value is -1.84. The number of halogens is 1. The molecule has 0 aliphatic heterocycles. The van der Waals surface area contributed by atoms with Crippen LogP contribution < -0.4 is 5.73 Å². The topological polar surface area (TPSA) is 52.0 Å². The Bertz CT molecular complexity index is 663. The Labute approximate surface area is 111 Å². The van der Waals surface area contributed by atoms with Crippen LogP contribution in [0.4, 0.5) is 0 Å². The van der Waals surface area contributed by atoms with Gasteiger partial charge in [0, 0.05) is 18.2 Å². The lowest BCUT2D eigenvalue weighted by Gasteiger charge is -1.99. The van der Waals surface area contributed by atoms with Gasteiger partial charge in [0.25, 0.3) is 0 Å². The van der Waals surface area contributed by atoms with E-state index >= 15 is 0 Å². The number of rotatable bonds is 2. The first-order chi connectivity index (χ1) is 8.36. The summed E-state index contributed by atoms with van der Waals surface area (Å²) in [6, 6.07) is 16.3. The Morgan fingerprint density at radius 3 is 2.50 bits per heavy atom. The predicted molar refractivity (Wildman–Crippen MR) is 74.6 cm³/mol. The normalized spacial score (nSPS) is 10.3. The van der Waals surface area contributed by atoms with E-state index in [1.54, 1.807) is 0 Å². The van der Waals surface area contributed by atoms with Gasteiger partial charge in [-0.2, -0.15) is 0 Å². The number of nitrogens with zero attached hydrogens (tertiary/aromatic N) is 1. The van der Waals surface area contributed by atoms with E-state index in [4.69, 9.17) is 10.3 Å². The van der Waals surface area contributed by atoms with Crippen LogP contribution in [0, 0.1) is 0 Å². The van der Waals surface area contributed by atoms with Crippen molar-refractivity contribution in [2.45, 2.75) is 6.54 Å². The van der Waals surface area contributed by atoms with Gasteiger partial charge >= 0.3 is 0 Å². The van der Waals surface area contributed by atoms with E-state index in [0.717, 1.165) is 17.0 Å². The number of hydrogen-bond acceptors (Lipinski definition) is 3. The van der Waals surface area contributed by atoms with Gasteiger partial charge in [-0.05, 0) is 16.8 Å². The first-order valence-electron chi connectivity index (χ1n) is 5.51. The molecule has 3 rings (SSSR count). The van der Waals surface area contributed by atoms with Crippen molar-refractivity contribution in [3.63, 3.8) is 0 Å². The molecule has 18 heavy (non-hydrogen) atoms. The molecular formula is C14H13ClN2O. The zero-order chi connectivity index (χ0) is 11.7. The summed E-state index contributed by atoms with van der Waals surface area (Å²) in [6.45, 7) is 0.400. The minimum Gasteiger partial charge on any atom is -0.356 e. The average molecular weight is 261 g/mol. The Morgan fingerprint density at radius 1 is 1.00 bits per heavy atom. The number of nitrogens with two attached hydrogens (primary N) is 1. The lowest BCUT2D eigenvalue weighted by Crippen LogP contribution is -1.94. The predicted octanol–water partition coefficient (Wildman–Crippen LogP) is 3.38. The van der Waals surface area contributed by atoms with E-state index in [1.165, 1.54) is 10.8 Å². The van der Waals surface area contributed by atoms with Gasteiger partial charge in [0.2, 0.25) is 0 Å². The van der Waals surface area contributed by atoms with Crippen LogP contribution in [0.2, 0.25) is 0 Å². The third-order valence-corrected chi connectivity index (χ3v) is 2.80. The van der Waals surface area contributed by atoms with E-state index in [2.05, 4.69) is 29.4 Å². The van der Waals surface area contributed by atoms with Crippen LogP contribution in [0.3, 0.4) is 0 Å². The Kier molecular flexibility index (Phi) is 3.65. The van der Waals surface area contributed by atoms with Gasteiger partial charge in [0.05, 0.1) is 5.69 Å². The molecule has 92 valence electrons. The summed E-state index contributed by atoms with van der Waals surface area (Å²) >= 11 is 0. The van der Waals surface area contributed by atoms with Gasteiger partial charge in [0.15, 0.2) is 5.76 Å². The molecule has 2 aromatic carbocycles. The van der Waals surface area contributed by atoms with Crippen LogP contribution in [-0.2, 0) is 6.54 Å². The van der Waals surface area contributed by atoms with Crippen LogP contribution in [0.15, 0.2) is 53.1 Å². The standard InChI is InChI=1S/C14H12N2O.ClH/c15-9-13-8-14(17-16-13)12-6-5-10-3-1-2-4-11(10)7-12;/h1-8H,9,15H2;1H. The van der Waals surface area contributed by atoms with Crippen LogP contribution in [-0.4, -0.2) is 5.16 Å². The highest BCUT2D eigenvalue weighted by Crippen LogP contribution is 2.24. The maximum atomic E-state index is 5.51.